The Hall–Kier alpha value is -1.52. The molecule has 0 radical (unpaired) electrons. The van der Waals surface area contributed by atoms with E-state index in [1.165, 1.54) is 48.5 Å². The zero-order chi connectivity index (χ0) is 14.8. The van der Waals surface area contributed by atoms with Crippen LogP contribution in [0.3, 0.4) is 0 Å². The molecule has 0 amide bonds. The van der Waals surface area contributed by atoms with E-state index in [1.54, 1.807) is 0 Å². The zero-order valence-corrected chi connectivity index (χ0v) is 11.5. The van der Waals surface area contributed by atoms with Gasteiger partial charge in [0.2, 0.25) is 0 Å². The first-order chi connectivity index (χ1) is 9.35. The van der Waals surface area contributed by atoms with Crippen LogP contribution in [0.15, 0.2) is 53.5 Å². The van der Waals surface area contributed by atoms with E-state index in [0.29, 0.717) is 21.2 Å². The lowest BCUT2D eigenvalue weighted by Crippen LogP contribution is -2.12. The summed E-state index contributed by atoms with van der Waals surface area (Å²) in [5, 5.41) is 0.882. The van der Waals surface area contributed by atoms with Gasteiger partial charge in [-0.15, -0.1) is 13.2 Å². The number of benzene rings is 2. The predicted octanol–water partition coefficient (Wildman–Crippen LogP) is 5.35. The normalized spacial score (nSPS) is 11.2. The maximum atomic E-state index is 12.6. The summed E-state index contributed by atoms with van der Waals surface area (Å²) in [6.07, 6.45) is -4.66. The Labute approximate surface area is 123 Å². The standard InChI is InChI=1S/C14H8Cl2F3N/c15-11-5-1-9(2-6-11)13(20-14(17,18)19)10-3-7-12(16)8-4-10/h1-8H. The molecule has 0 spiro atoms. The molecule has 2 aromatic carbocycles. The number of nitrogens with zero attached hydrogens (tertiary/aromatic N) is 1. The maximum absolute atomic E-state index is 12.6. The molecule has 0 aliphatic carbocycles. The molecule has 0 aliphatic heterocycles. The minimum Gasteiger partial charge on any atom is -0.183 e. The number of halogens is 5. The Bertz CT molecular complexity index is 569. The molecule has 104 valence electrons. The van der Waals surface area contributed by atoms with Crippen molar-refractivity contribution < 1.29 is 13.2 Å². The van der Waals surface area contributed by atoms with Gasteiger partial charge in [-0.25, -0.2) is 0 Å². The van der Waals surface area contributed by atoms with Gasteiger partial charge >= 0.3 is 6.30 Å². The molecule has 0 N–H and O–H groups in total. The van der Waals surface area contributed by atoms with Crippen LogP contribution in [0.2, 0.25) is 10.0 Å². The van der Waals surface area contributed by atoms with Crippen molar-refractivity contribution in [1.82, 2.24) is 0 Å². The van der Waals surface area contributed by atoms with Crippen LogP contribution in [0.5, 0.6) is 0 Å². The molecule has 0 aromatic heterocycles. The molecule has 0 saturated heterocycles. The van der Waals surface area contributed by atoms with Crippen LogP contribution >= 0.6 is 23.2 Å². The molecule has 0 bridgehead atoms. The van der Waals surface area contributed by atoms with E-state index in [-0.39, 0.29) is 5.71 Å². The van der Waals surface area contributed by atoms with Gasteiger partial charge in [-0.2, -0.15) is 4.99 Å². The summed E-state index contributed by atoms with van der Waals surface area (Å²) < 4.78 is 37.8. The third-order valence-electron chi connectivity index (χ3n) is 2.47. The second kappa shape index (κ2) is 5.85. The van der Waals surface area contributed by atoms with Crippen LogP contribution in [-0.4, -0.2) is 12.0 Å². The second-order valence-electron chi connectivity index (χ2n) is 3.94. The van der Waals surface area contributed by atoms with Crippen LogP contribution in [0.1, 0.15) is 11.1 Å². The first kappa shape index (κ1) is 14.9. The van der Waals surface area contributed by atoms with Crippen LogP contribution in [0.25, 0.3) is 0 Å². The highest BCUT2D eigenvalue weighted by molar-refractivity contribution is 6.31. The molecule has 0 heterocycles. The molecule has 0 fully saturated rings. The fourth-order valence-electron chi connectivity index (χ4n) is 1.64. The third-order valence-corrected chi connectivity index (χ3v) is 2.98. The van der Waals surface area contributed by atoms with Gasteiger partial charge in [-0.1, -0.05) is 47.5 Å². The van der Waals surface area contributed by atoms with Crippen molar-refractivity contribution in [2.24, 2.45) is 4.99 Å². The molecule has 20 heavy (non-hydrogen) atoms. The van der Waals surface area contributed by atoms with Gasteiger partial charge in [0.15, 0.2) is 0 Å². The average Bonchev–Trinajstić information content (AvgIpc) is 2.37. The molecule has 1 nitrogen and oxygen atoms in total. The first-order valence-corrected chi connectivity index (χ1v) is 6.29. The Morgan fingerprint density at radius 3 is 1.40 bits per heavy atom. The van der Waals surface area contributed by atoms with Crippen molar-refractivity contribution in [2.45, 2.75) is 6.30 Å². The predicted molar refractivity (Wildman–Crippen MR) is 74.6 cm³/mol. The molecule has 0 atom stereocenters. The van der Waals surface area contributed by atoms with Crippen LogP contribution in [0, 0.1) is 0 Å². The van der Waals surface area contributed by atoms with Crippen LogP contribution in [-0.2, 0) is 0 Å². The zero-order valence-electron chi connectivity index (χ0n) is 9.96. The minimum atomic E-state index is -4.66. The van der Waals surface area contributed by atoms with Gasteiger partial charge < -0.3 is 0 Å². The van der Waals surface area contributed by atoms with Crippen molar-refractivity contribution >= 4 is 28.9 Å². The van der Waals surface area contributed by atoms with Gasteiger partial charge in [0.1, 0.15) is 0 Å². The van der Waals surface area contributed by atoms with Gasteiger partial charge in [-0.05, 0) is 24.3 Å². The van der Waals surface area contributed by atoms with Crippen molar-refractivity contribution in [3.63, 3.8) is 0 Å². The van der Waals surface area contributed by atoms with E-state index in [1.807, 2.05) is 0 Å². The van der Waals surface area contributed by atoms with E-state index < -0.39 is 6.30 Å². The van der Waals surface area contributed by atoms with Crippen molar-refractivity contribution in [3.8, 4) is 0 Å². The Morgan fingerprint density at radius 1 is 0.750 bits per heavy atom. The smallest absolute Gasteiger partial charge is 0.183 e. The summed E-state index contributed by atoms with van der Waals surface area (Å²) in [5.41, 5.74) is 0.480. The lowest BCUT2D eigenvalue weighted by molar-refractivity contribution is -0.119. The highest BCUT2D eigenvalue weighted by Crippen LogP contribution is 2.23. The summed E-state index contributed by atoms with van der Waals surface area (Å²) in [6.45, 7) is 0. The van der Waals surface area contributed by atoms with Gasteiger partial charge in [-0.3, -0.25) is 0 Å². The lowest BCUT2D eigenvalue weighted by atomic mass is 10.0. The van der Waals surface area contributed by atoms with Crippen molar-refractivity contribution in [2.75, 3.05) is 0 Å². The lowest BCUT2D eigenvalue weighted by Gasteiger charge is -2.09. The minimum absolute atomic E-state index is 0.175. The van der Waals surface area contributed by atoms with E-state index in [9.17, 15) is 13.2 Å². The molecule has 2 rings (SSSR count). The number of alkyl halides is 3. The topological polar surface area (TPSA) is 12.4 Å². The molecule has 0 unspecified atom stereocenters. The molecule has 0 aliphatic rings. The maximum Gasteiger partial charge on any atom is 0.503 e. The van der Waals surface area contributed by atoms with E-state index in [4.69, 9.17) is 23.2 Å². The molecule has 2 aromatic rings. The summed E-state index contributed by atoms with van der Waals surface area (Å²) in [5.74, 6) is 0. The number of hydrogen-bond donors (Lipinski definition) is 0. The Morgan fingerprint density at radius 2 is 1.10 bits per heavy atom. The number of hydrogen-bond acceptors (Lipinski definition) is 1. The van der Waals surface area contributed by atoms with E-state index >= 15 is 0 Å². The van der Waals surface area contributed by atoms with E-state index in [0.717, 1.165) is 0 Å². The van der Waals surface area contributed by atoms with Crippen molar-refractivity contribution in [1.29, 1.82) is 0 Å². The largest absolute Gasteiger partial charge is 0.503 e. The highest BCUT2D eigenvalue weighted by Gasteiger charge is 2.28. The van der Waals surface area contributed by atoms with Crippen LogP contribution < -0.4 is 0 Å². The number of rotatable bonds is 2. The fourth-order valence-corrected chi connectivity index (χ4v) is 1.89. The highest BCUT2D eigenvalue weighted by atomic mass is 35.5. The average molecular weight is 318 g/mol. The molecule has 6 heteroatoms. The Balaban J connectivity index is 2.53. The van der Waals surface area contributed by atoms with Gasteiger partial charge in [0.05, 0.1) is 5.71 Å². The molecular formula is C14H8Cl2F3N. The molecule has 0 saturated carbocycles. The Kier molecular flexibility index (Phi) is 4.35. The fraction of sp³-hybridized carbons (Fsp3) is 0.0714. The van der Waals surface area contributed by atoms with Crippen LogP contribution in [0.4, 0.5) is 13.2 Å². The monoisotopic (exact) mass is 317 g/mol. The van der Waals surface area contributed by atoms with Gasteiger partial charge in [0.25, 0.3) is 0 Å². The second-order valence-corrected chi connectivity index (χ2v) is 4.81. The number of aliphatic imine (C=N–C) groups is 1. The van der Waals surface area contributed by atoms with Gasteiger partial charge in [0, 0.05) is 21.2 Å². The first-order valence-electron chi connectivity index (χ1n) is 5.53. The van der Waals surface area contributed by atoms with Crippen molar-refractivity contribution in [3.05, 3.63) is 69.7 Å². The quantitative estimate of drug-likeness (QED) is 0.523. The van der Waals surface area contributed by atoms with E-state index in [2.05, 4.69) is 4.99 Å². The summed E-state index contributed by atoms with van der Waals surface area (Å²) in [4.78, 5) is 2.84. The summed E-state index contributed by atoms with van der Waals surface area (Å²) >= 11 is 11.5. The summed E-state index contributed by atoms with van der Waals surface area (Å²) in [7, 11) is 0. The summed E-state index contributed by atoms with van der Waals surface area (Å²) in [6, 6.07) is 12.0. The third kappa shape index (κ3) is 3.99. The molecular weight excluding hydrogens is 310 g/mol. The SMILES string of the molecule is FC(F)(F)N=C(c1ccc(Cl)cc1)c1ccc(Cl)cc1.